The summed E-state index contributed by atoms with van der Waals surface area (Å²) in [7, 11) is 1.34. The van der Waals surface area contributed by atoms with Crippen molar-refractivity contribution in [2.24, 2.45) is 0 Å². The van der Waals surface area contributed by atoms with Crippen molar-refractivity contribution in [3.63, 3.8) is 0 Å². The lowest BCUT2D eigenvalue weighted by molar-refractivity contribution is 0.0600. The molecule has 0 radical (unpaired) electrons. The highest BCUT2D eigenvalue weighted by atomic mass is 35.5. The highest BCUT2D eigenvalue weighted by molar-refractivity contribution is 6.35. The molecule has 2 aromatic rings. The monoisotopic (exact) mass is 310 g/mol. The van der Waals surface area contributed by atoms with E-state index in [2.05, 4.69) is 4.74 Å². The van der Waals surface area contributed by atoms with E-state index in [0.717, 1.165) is 5.56 Å². The Bertz CT molecular complexity index is 589. The maximum atomic E-state index is 11.3. The van der Waals surface area contributed by atoms with Crippen LogP contribution in [0.25, 0.3) is 0 Å². The van der Waals surface area contributed by atoms with Gasteiger partial charge >= 0.3 is 5.97 Å². The van der Waals surface area contributed by atoms with Crippen LogP contribution in [0, 0.1) is 0 Å². The molecule has 0 aromatic heterocycles. The lowest BCUT2D eigenvalue weighted by Gasteiger charge is -2.09. The molecule has 0 aliphatic heterocycles. The Morgan fingerprint density at radius 1 is 1.05 bits per heavy atom. The van der Waals surface area contributed by atoms with Crippen LogP contribution in [-0.2, 0) is 11.3 Å². The molecule has 0 aliphatic rings. The fourth-order valence-corrected chi connectivity index (χ4v) is 2.14. The Morgan fingerprint density at radius 2 is 1.65 bits per heavy atom. The topological polar surface area (TPSA) is 35.5 Å². The maximum Gasteiger partial charge on any atom is 0.337 e. The second-order valence-electron chi connectivity index (χ2n) is 4.00. The zero-order valence-electron chi connectivity index (χ0n) is 10.7. The van der Waals surface area contributed by atoms with Gasteiger partial charge in [-0.05, 0) is 36.4 Å². The van der Waals surface area contributed by atoms with Crippen molar-refractivity contribution in [2.75, 3.05) is 7.11 Å². The largest absolute Gasteiger partial charge is 0.489 e. The average Bonchev–Trinajstić information content (AvgIpc) is 2.46. The fourth-order valence-electron chi connectivity index (χ4n) is 1.63. The van der Waals surface area contributed by atoms with Crippen LogP contribution < -0.4 is 4.74 Å². The Hall–Kier alpha value is -1.71. The van der Waals surface area contributed by atoms with Gasteiger partial charge < -0.3 is 9.47 Å². The van der Waals surface area contributed by atoms with Gasteiger partial charge in [0.05, 0.1) is 12.7 Å². The van der Waals surface area contributed by atoms with Gasteiger partial charge in [0.2, 0.25) is 0 Å². The molecule has 20 heavy (non-hydrogen) atoms. The average molecular weight is 311 g/mol. The molecule has 2 aromatic carbocycles. The lowest BCUT2D eigenvalue weighted by Crippen LogP contribution is -2.01. The standard InChI is InChI=1S/C15H12Cl2O3/c1-19-15(18)10-5-7-11(8-6-10)20-9-12-13(16)3-2-4-14(12)17/h2-8H,9H2,1H3. The minimum absolute atomic E-state index is 0.260. The number of halogens is 2. The van der Waals surface area contributed by atoms with E-state index in [1.807, 2.05) is 0 Å². The van der Waals surface area contributed by atoms with Gasteiger partial charge in [-0.2, -0.15) is 0 Å². The number of rotatable bonds is 4. The van der Waals surface area contributed by atoms with E-state index in [9.17, 15) is 4.79 Å². The summed E-state index contributed by atoms with van der Waals surface area (Å²) in [6.07, 6.45) is 0. The minimum atomic E-state index is -0.384. The first-order valence-electron chi connectivity index (χ1n) is 5.86. The smallest absolute Gasteiger partial charge is 0.337 e. The molecule has 0 fully saturated rings. The van der Waals surface area contributed by atoms with E-state index < -0.39 is 0 Å². The van der Waals surface area contributed by atoms with Crippen molar-refractivity contribution in [2.45, 2.75) is 6.61 Å². The van der Waals surface area contributed by atoms with Crippen LogP contribution in [0.4, 0.5) is 0 Å². The zero-order valence-corrected chi connectivity index (χ0v) is 12.2. The van der Waals surface area contributed by atoms with Gasteiger partial charge in [0.15, 0.2) is 0 Å². The predicted octanol–water partition coefficient (Wildman–Crippen LogP) is 4.36. The van der Waals surface area contributed by atoms with Gasteiger partial charge in [0.1, 0.15) is 12.4 Å². The van der Waals surface area contributed by atoms with Crippen LogP contribution in [0.15, 0.2) is 42.5 Å². The third-order valence-corrected chi connectivity index (χ3v) is 3.43. The summed E-state index contributed by atoms with van der Waals surface area (Å²) in [6, 6.07) is 11.9. The molecule has 0 saturated heterocycles. The summed E-state index contributed by atoms with van der Waals surface area (Å²) in [5.74, 6) is 0.235. The summed E-state index contributed by atoms with van der Waals surface area (Å²) in [6.45, 7) is 0.260. The van der Waals surface area contributed by atoms with Crippen molar-refractivity contribution in [1.29, 1.82) is 0 Å². The van der Waals surface area contributed by atoms with Crippen molar-refractivity contribution in [3.05, 3.63) is 63.6 Å². The fraction of sp³-hybridized carbons (Fsp3) is 0.133. The summed E-state index contributed by atoms with van der Waals surface area (Å²) in [5, 5.41) is 1.12. The molecule has 2 rings (SSSR count). The molecular weight excluding hydrogens is 299 g/mol. The Balaban J connectivity index is 2.06. The molecule has 0 aliphatic carbocycles. The van der Waals surface area contributed by atoms with Gasteiger partial charge in [0, 0.05) is 15.6 Å². The molecule has 0 N–H and O–H groups in total. The highest BCUT2D eigenvalue weighted by Crippen LogP contribution is 2.25. The van der Waals surface area contributed by atoms with Crippen molar-refractivity contribution >= 4 is 29.2 Å². The van der Waals surface area contributed by atoms with Crippen LogP contribution in [-0.4, -0.2) is 13.1 Å². The minimum Gasteiger partial charge on any atom is -0.489 e. The van der Waals surface area contributed by atoms with Gasteiger partial charge in [-0.25, -0.2) is 4.79 Å². The molecule has 0 bridgehead atoms. The Kier molecular flexibility index (Phi) is 4.88. The Labute approximate surface area is 127 Å². The number of esters is 1. The summed E-state index contributed by atoms with van der Waals surface area (Å²) >= 11 is 12.1. The zero-order chi connectivity index (χ0) is 14.5. The number of carbonyl (C=O) groups is 1. The first-order valence-corrected chi connectivity index (χ1v) is 6.61. The summed E-state index contributed by atoms with van der Waals surface area (Å²) in [5.41, 5.74) is 1.20. The summed E-state index contributed by atoms with van der Waals surface area (Å²) < 4.78 is 10.2. The van der Waals surface area contributed by atoms with Crippen molar-refractivity contribution < 1.29 is 14.3 Å². The predicted molar refractivity (Wildman–Crippen MR) is 78.6 cm³/mol. The van der Waals surface area contributed by atoms with Gasteiger partial charge in [-0.15, -0.1) is 0 Å². The van der Waals surface area contributed by atoms with E-state index >= 15 is 0 Å². The quantitative estimate of drug-likeness (QED) is 0.787. The summed E-state index contributed by atoms with van der Waals surface area (Å²) in [4.78, 5) is 11.3. The number of carbonyl (C=O) groups excluding carboxylic acids is 1. The van der Waals surface area contributed by atoms with E-state index in [4.69, 9.17) is 27.9 Å². The second kappa shape index (κ2) is 6.64. The van der Waals surface area contributed by atoms with Crippen LogP contribution in [0.5, 0.6) is 5.75 Å². The van der Waals surface area contributed by atoms with Gasteiger partial charge in [-0.1, -0.05) is 29.3 Å². The molecule has 0 heterocycles. The first kappa shape index (κ1) is 14.7. The van der Waals surface area contributed by atoms with Crippen molar-refractivity contribution in [1.82, 2.24) is 0 Å². The molecular formula is C15H12Cl2O3. The third-order valence-electron chi connectivity index (χ3n) is 2.72. The second-order valence-corrected chi connectivity index (χ2v) is 4.82. The van der Waals surface area contributed by atoms with Gasteiger partial charge in [-0.3, -0.25) is 0 Å². The van der Waals surface area contributed by atoms with Crippen LogP contribution >= 0.6 is 23.2 Å². The van der Waals surface area contributed by atoms with E-state index in [1.165, 1.54) is 7.11 Å². The van der Waals surface area contributed by atoms with E-state index in [0.29, 0.717) is 21.4 Å². The molecule has 5 heteroatoms. The number of hydrogen-bond acceptors (Lipinski definition) is 3. The normalized spacial score (nSPS) is 10.2. The molecule has 0 spiro atoms. The number of benzene rings is 2. The van der Waals surface area contributed by atoms with Gasteiger partial charge in [0.25, 0.3) is 0 Å². The molecule has 0 unspecified atom stereocenters. The SMILES string of the molecule is COC(=O)c1ccc(OCc2c(Cl)cccc2Cl)cc1. The highest BCUT2D eigenvalue weighted by Gasteiger charge is 2.07. The maximum absolute atomic E-state index is 11.3. The van der Waals surface area contributed by atoms with E-state index in [1.54, 1.807) is 42.5 Å². The van der Waals surface area contributed by atoms with E-state index in [-0.39, 0.29) is 12.6 Å². The number of hydrogen-bond donors (Lipinski definition) is 0. The molecule has 3 nitrogen and oxygen atoms in total. The lowest BCUT2D eigenvalue weighted by atomic mass is 10.2. The molecule has 0 saturated carbocycles. The molecule has 0 amide bonds. The number of methoxy groups -OCH3 is 1. The first-order chi connectivity index (χ1) is 9.61. The Morgan fingerprint density at radius 3 is 2.20 bits per heavy atom. The van der Waals surface area contributed by atoms with Crippen LogP contribution in [0.2, 0.25) is 10.0 Å². The van der Waals surface area contributed by atoms with Crippen LogP contribution in [0.1, 0.15) is 15.9 Å². The molecule has 104 valence electrons. The third kappa shape index (κ3) is 3.44. The molecule has 0 atom stereocenters. The van der Waals surface area contributed by atoms with Crippen molar-refractivity contribution in [3.8, 4) is 5.75 Å². The number of ether oxygens (including phenoxy) is 2. The van der Waals surface area contributed by atoms with Crippen LogP contribution in [0.3, 0.4) is 0 Å².